The van der Waals surface area contributed by atoms with Gasteiger partial charge in [-0.15, -0.1) is 0 Å². The lowest BCUT2D eigenvalue weighted by molar-refractivity contribution is -0.149. The number of ether oxygens (including phenoxy) is 1. The van der Waals surface area contributed by atoms with E-state index in [0.29, 0.717) is 24.2 Å². The zero-order valence-electron chi connectivity index (χ0n) is 11.8. The van der Waals surface area contributed by atoms with Gasteiger partial charge in [0.25, 0.3) is 0 Å². The zero-order chi connectivity index (χ0) is 14.3. The predicted molar refractivity (Wildman–Crippen MR) is 78.5 cm³/mol. The van der Waals surface area contributed by atoms with E-state index in [1.54, 1.807) is 12.1 Å². The fourth-order valence-corrected chi connectivity index (χ4v) is 1.99. The van der Waals surface area contributed by atoms with Crippen molar-refractivity contribution >= 4 is 17.3 Å². The van der Waals surface area contributed by atoms with E-state index in [1.165, 1.54) is 0 Å². The maximum Gasteiger partial charge on any atom is 0.306 e. The lowest BCUT2D eigenvalue weighted by Crippen LogP contribution is -2.12. The highest BCUT2D eigenvalue weighted by Crippen LogP contribution is 2.28. The first-order chi connectivity index (χ1) is 9.08. The highest BCUT2D eigenvalue weighted by atomic mass is 16.5. The molecule has 4 heteroatoms. The molecule has 1 rings (SSSR count). The smallest absolute Gasteiger partial charge is 0.306 e. The number of hydrogen-bond acceptors (Lipinski definition) is 4. The molecule has 19 heavy (non-hydrogen) atoms. The van der Waals surface area contributed by atoms with E-state index in [0.717, 1.165) is 24.8 Å². The molecule has 0 aliphatic rings. The van der Waals surface area contributed by atoms with Gasteiger partial charge in [0, 0.05) is 23.4 Å². The molecule has 0 spiro atoms. The Hall–Kier alpha value is -1.71. The van der Waals surface area contributed by atoms with E-state index >= 15 is 0 Å². The van der Waals surface area contributed by atoms with Gasteiger partial charge in [-0.2, -0.15) is 0 Å². The Morgan fingerprint density at radius 1 is 1.26 bits per heavy atom. The molecule has 0 heterocycles. The molecule has 4 N–H and O–H groups in total. The molecule has 4 nitrogen and oxygen atoms in total. The lowest BCUT2D eigenvalue weighted by Gasteiger charge is -2.18. The summed E-state index contributed by atoms with van der Waals surface area (Å²) in [6, 6.07) is 5.31. The van der Waals surface area contributed by atoms with Crippen LogP contribution in [-0.2, 0) is 9.53 Å². The number of rotatable bonds is 7. The Balaban J connectivity index is 2.64. The second-order valence-electron chi connectivity index (χ2n) is 4.73. The average molecular weight is 264 g/mol. The molecule has 0 bridgehead atoms. The van der Waals surface area contributed by atoms with Crippen molar-refractivity contribution < 1.29 is 9.53 Å². The summed E-state index contributed by atoms with van der Waals surface area (Å²) in [5.74, 6) is -0.156. The summed E-state index contributed by atoms with van der Waals surface area (Å²) in [4.78, 5) is 11.8. The number of anilines is 2. The molecular formula is C15H24N2O2. The number of carbonyl (C=O) groups excluding carboxylic acids is 1. The van der Waals surface area contributed by atoms with Gasteiger partial charge >= 0.3 is 5.97 Å². The van der Waals surface area contributed by atoms with Gasteiger partial charge in [-0.3, -0.25) is 4.79 Å². The summed E-state index contributed by atoms with van der Waals surface area (Å²) in [6.45, 7) is 4.08. The van der Waals surface area contributed by atoms with Crippen LogP contribution in [0.3, 0.4) is 0 Å². The van der Waals surface area contributed by atoms with E-state index in [1.807, 2.05) is 13.0 Å². The van der Waals surface area contributed by atoms with E-state index < -0.39 is 0 Å². The third kappa shape index (κ3) is 4.81. The first kappa shape index (κ1) is 15.3. The highest BCUT2D eigenvalue weighted by Gasteiger charge is 2.17. The summed E-state index contributed by atoms with van der Waals surface area (Å²) in [6.07, 6.45) is 3.91. The molecule has 106 valence electrons. The molecule has 0 saturated heterocycles. The van der Waals surface area contributed by atoms with Gasteiger partial charge in [-0.25, -0.2) is 0 Å². The van der Waals surface area contributed by atoms with Crippen molar-refractivity contribution in [1.82, 2.24) is 0 Å². The molecule has 0 aromatic heterocycles. The standard InChI is InChI=1S/C15H24N2O2/c1-3-5-6-7-15(18)19-14(4-2)12-9-8-11(16)10-13(12)17/h8-10,14H,3-7,16-17H2,1-2H3. The molecule has 0 radical (unpaired) electrons. The first-order valence-corrected chi connectivity index (χ1v) is 6.92. The number of esters is 1. The Kier molecular flexibility index (Phi) is 6.19. The van der Waals surface area contributed by atoms with Gasteiger partial charge in [-0.05, 0) is 25.0 Å². The van der Waals surface area contributed by atoms with E-state index in [4.69, 9.17) is 16.2 Å². The Morgan fingerprint density at radius 3 is 2.58 bits per heavy atom. The summed E-state index contributed by atoms with van der Waals surface area (Å²) < 4.78 is 5.49. The third-order valence-electron chi connectivity index (χ3n) is 3.09. The Bertz CT molecular complexity index is 419. The Morgan fingerprint density at radius 2 is 2.00 bits per heavy atom. The number of carbonyl (C=O) groups is 1. The second-order valence-corrected chi connectivity index (χ2v) is 4.73. The van der Waals surface area contributed by atoms with Crippen LogP contribution in [0.4, 0.5) is 11.4 Å². The quantitative estimate of drug-likeness (QED) is 0.449. The van der Waals surface area contributed by atoms with Crippen LogP contribution in [0.1, 0.15) is 57.6 Å². The number of hydrogen-bond donors (Lipinski definition) is 2. The predicted octanol–water partition coefficient (Wildman–Crippen LogP) is 3.43. The minimum Gasteiger partial charge on any atom is -0.457 e. The molecular weight excluding hydrogens is 240 g/mol. The monoisotopic (exact) mass is 264 g/mol. The second kappa shape index (κ2) is 7.67. The van der Waals surface area contributed by atoms with Gasteiger partial charge in [-0.1, -0.05) is 32.8 Å². The summed E-state index contributed by atoms with van der Waals surface area (Å²) >= 11 is 0. The summed E-state index contributed by atoms with van der Waals surface area (Å²) in [7, 11) is 0. The van der Waals surface area contributed by atoms with Crippen LogP contribution in [0.2, 0.25) is 0 Å². The van der Waals surface area contributed by atoms with E-state index in [9.17, 15) is 4.79 Å². The first-order valence-electron chi connectivity index (χ1n) is 6.92. The molecule has 1 atom stereocenters. The minimum absolute atomic E-state index is 0.156. The molecule has 0 aliphatic heterocycles. The number of benzene rings is 1. The topological polar surface area (TPSA) is 78.3 Å². The van der Waals surface area contributed by atoms with Gasteiger partial charge in [0.1, 0.15) is 6.10 Å². The molecule has 0 fully saturated rings. The summed E-state index contributed by atoms with van der Waals surface area (Å²) in [5, 5.41) is 0. The van der Waals surface area contributed by atoms with Crippen LogP contribution in [0, 0.1) is 0 Å². The average Bonchev–Trinajstić information content (AvgIpc) is 2.37. The van der Waals surface area contributed by atoms with Gasteiger partial charge < -0.3 is 16.2 Å². The molecule has 1 unspecified atom stereocenters. The molecule has 0 amide bonds. The third-order valence-corrected chi connectivity index (χ3v) is 3.09. The SMILES string of the molecule is CCCCCC(=O)OC(CC)c1ccc(N)cc1N. The van der Waals surface area contributed by atoms with Crippen LogP contribution < -0.4 is 11.5 Å². The van der Waals surface area contributed by atoms with Crippen LogP contribution >= 0.6 is 0 Å². The van der Waals surface area contributed by atoms with Crippen molar-refractivity contribution in [3.63, 3.8) is 0 Å². The molecule has 1 aromatic carbocycles. The summed E-state index contributed by atoms with van der Waals surface area (Å²) in [5.41, 5.74) is 13.6. The van der Waals surface area contributed by atoms with Gasteiger partial charge in [0.2, 0.25) is 0 Å². The fraction of sp³-hybridized carbons (Fsp3) is 0.533. The van der Waals surface area contributed by atoms with Crippen molar-refractivity contribution in [2.24, 2.45) is 0 Å². The number of nitrogens with two attached hydrogens (primary N) is 2. The maximum atomic E-state index is 11.8. The van der Waals surface area contributed by atoms with Gasteiger partial charge in [0.05, 0.1) is 0 Å². The van der Waals surface area contributed by atoms with Crippen molar-refractivity contribution in [3.8, 4) is 0 Å². The lowest BCUT2D eigenvalue weighted by atomic mass is 10.0. The van der Waals surface area contributed by atoms with E-state index in [2.05, 4.69) is 6.92 Å². The molecule has 1 aromatic rings. The Labute approximate surface area is 115 Å². The van der Waals surface area contributed by atoms with Crippen LogP contribution in [-0.4, -0.2) is 5.97 Å². The number of unbranched alkanes of at least 4 members (excludes halogenated alkanes) is 2. The van der Waals surface area contributed by atoms with Crippen LogP contribution in [0.5, 0.6) is 0 Å². The molecule has 0 saturated carbocycles. The van der Waals surface area contributed by atoms with Crippen molar-refractivity contribution in [2.45, 2.75) is 52.1 Å². The number of nitrogen functional groups attached to an aromatic ring is 2. The molecule has 0 aliphatic carbocycles. The normalized spacial score (nSPS) is 12.1. The zero-order valence-corrected chi connectivity index (χ0v) is 11.8. The largest absolute Gasteiger partial charge is 0.457 e. The van der Waals surface area contributed by atoms with Crippen molar-refractivity contribution in [1.29, 1.82) is 0 Å². The maximum absolute atomic E-state index is 11.8. The minimum atomic E-state index is -0.283. The highest BCUT2D eigenvalue weighted by molar-refractivity contribution is 5.70. The van der Waals surface area contributed by atoms with Crippen LogP contribution in [0.25, 0.3) is 0 Å². The van der Waals surface area contributed by atoms with Crippen LogP contribution in [0.15, 0.2) is 18.2 Å². The van der Waals surface area contributed by atoms with Crippen molar-refractivity contribution in [3.05, 3.63) is 23.8 Å². The van der Waals surface area contributed by atoms with Crippen molar-refractivity contribution in [2.75, 3.05) is 11.5 Å². The van der Waals surface area contributed by atoms with Gasteiger partial charge in [0.15, 0.2) is 0 Å². The van der Waals surface area contributed by atoms with E-state index in [-0.39, 0.29) is 12.1 Å². The fourth-order valence-electron chi connectivity index (χ4n) is 1.99.